The SMILES string of the molecule is C=CC(S(=O)(=O)OCCCC)S(=O)(=O)OCCCC. The number of rotatable bonds is 11. The van der Waals surface area contributed by atoms with Gasteiger partial charge in [0.1, 0.15) is 0 Å². The van der Waals surface area contributed by atoms with Crippen molar-refractivity contribution >= 4 is 20.2 Å². The van der Waals surface area contributed by atoms with Gasteiger partial charge in [0.05, 0.1) is 13.2 Å². The molecule has 6 nitrogen and oxygen atoms in total. The lowest BCUT2D eigenvalue weighted by molar-refractivity contribution is 0.298. The first kappa shape index (κ1) is 18.6. The molecule has 0 aliphatic rings. The summed E-state index contributed by atoms with van der Waals surface area (Å²) in [6, 6.07) is 0. The highest BCUT2D eigenvalue weighted by Gasteiger charge is 2.37. The van der Waals surface area contributed by atoms with Crippen LogP contribution in [0.4, 0.5) is 0 Å². The third-order valence-corrected chi connectivity index (χ3v) is 6.18. The summed E-state index contributed by atoms with van der Waals surface area (Å²) in [7, 11) is -8.54. The van der Waals surface area contributed by atoms with Crippen molar-refractivity contribution in [2.24, 2.45) is 0 Å². The van der Waals surface area contributed by atoms with E-state index < -0.39 is 24.8 Å². The molecule has 0 aromatic heterocycles. The lowest BCUT2D eigenvalue weighted by atomic mass is 10.4. The molecule has 19 heavy (non-hydrogen) atoms. The Balaban J connectivity index is 4.83. The molecule has 0 aliphatic heterocycles. The first-order chi connectivity index (χ1) is 8.81. The Morgan fingerprint density at radius 1 is 0.947 bits per heavy atom. The Kier molecular flexibility index (Phi) is 8.47. The van der Waals surface area contributed by atoms with Crippen LogP contribution in [0.2, 0.25) is 0 Å². The molecular formula is C11H22O6S2. The molecule has 0 aliphatic carbocycles. The van der Waals surface area contributed by atoms with Crippen LogP contribution in [0.1, 0.15) is 39.5 Å². The normalized spacial score (nSPS) is 12.8. The van der Waals surface area contributed by atoms with Crippen LogP contribution in [0.15, 0.2) is 12.7 Å². The Hall–Kier alpha value is -0.440. The minimum Gasteiger partial charge on any atom is -0.269 e. The minimum absolute atomic E-state index is 0.0480. The summed E-state index contributed by atoms with van der Waals surface area (Å²) in [6.07, 6.45) is 3.35. The monoisotopic (exact) mass is 314 g/mol. The van der Waals surface area contributed by atoms with Crippen molar-refractivity contribution in [3.8, 4) is 0 Å². The quantitative estimate of drug-likeness (QED) is 0.328. The molecule has 0 spiro atoms. The van der Waals surface area contributed by atoms with Crippen molar-refractivity contribution in [2.45, 2.75) is 44.1 Å². The van der Waals surface area contributed by atoms with Crippen LogP contribution in [-0.4, -0.2) is 34.6 Å². The molecule has 0 atom stereocenters. The highest BCUT2D eigenvalue weighted by atomic mass is 32.3. The fourth-order valence-corrected chi connectivity index (χ4v) is 4.08. The molecule has 0 aromatic carbocycles. The maximum atomic E-state index is 11.8. The first-order valence-electron chi connectivity index (χ1n) is 6.20. The van der Waals surface area contributed by atoms with Crippen molar-refractivity contribution in [3.63, 3.8) is 0 Å². The third-order valence-electron chi connectivity index (χ3n) is 2.25. The summed E-state index contributed by atoms with van der Waals surface area (Å²) in [4.78, 5) is 0. The Morgan fingerprint density at radius 3 is 1.58 bits per heavy atom. The van der Waals surface area contributed by atoms with Crippen LogP contribution in [0.25, 0.3) is 0 Å². The Bertz CT molecular complexity index is 412. The van der Waals surface area contributed by atoms with Crippen LogP contribution in [-0.2, 0) is 28.6 Å². The van der Waals surface area contributed by atoms with Gasteiger partial charge in [-0.15, -0.1) is 6.58 Å². The molecule has 0 rings (SSSR count). The van der Waals surface area contributed by atoms with E-state index in [0.717, 1.165) is 18.9 Å². The van der Waals surface area contributed by atoms with Crippen LogP contribution >= 0.6 is 0 Å². The molecular weight excluding hydrogens is 292 g/mol. The summed E-state index contributed by atoms with van der Waals surface area (Å²) in [5.41, 5.74) is 0. The van der Waals surface area contributed by atoms with Gasteiger partial charge in [-0.05, 0) is 12.8 Å². The molecule has 0 aromatic rings. The van der Waals surface area contributed by atoms with Gasteiger partial charge in [0.15, 0.2) is 0 Å². The maximum absolute atomic E-state index is 11.8. The van der Waals surface area contributed by atoms with Crippen molar-refractivity contribution in [1.82, 2.24) is 0 Å². The summed E-state index contributed by atoms with van der Waals surface area (Å²) < 4.78 is 54.5. The van der Waals surface area contributed by atoms with Crippen molar-refractivity contribution in [2.75, 3.05) is 13.2 Å². The van der Waals surface area contributed by atoms with Gasteiger partial charge in [-0.25, -0.2) is 0 Å². The molecule has 0 saturated heterocycles. The average molecular weight is 314 g/mol. The van der Waals surface area contributed by atoms with E-state index in [1.807, 2.05) is 13.8 Å². The Labute approximate surface area is 116 Å². The van der Waals surface area contributed by atoms with E-state index in [1.54, 1.807) is 0 Å². The summed E-state index contributed by atoms with van der Waals surface area (Å²) >= 11 is 0. The third kappa shape index (κ3) is 6.51. The van der Waals surface area contributed by atoms with Crippen LogP contribution in [0.3, 0.4) is 0 Å². The zero-order valence-corrected chi connectivity index (χ0v) is 13.0. The van der Waals surface area contributed by atoms with Crippen LogP contribution in [0, 0.1) is 0 Å². The molecule has 0 fully saturated rings. The standard InChI is InChI=1S/C11H22O6S2/c1-4-7-9-16-18(12,13)11(6-3)19(14,15)17-10-8-5-2/h6,11H,3-5,7-10H2,1-2H3. The van der Waals surface area contributed by atoms with E-state index in [1.165, 1.54) is 0 Å². The minimum atomic E-state index is -4.27. The van der Waals surface area contributed by atoms with Crippen molar-refractivity contribution in [3.05, 3.63) is 12.7 Å². The largest absolute Gasteiger partial charge is 0.291 e. The molecule has 0 unspecified atom stereocenters. The van der Waals surface area contributed by atoms with Gasteiger partial charge in [-0.2, -0.15) is 16.8 Å². The fourth-order valence-electron chi connectivity index (χ4n) is 1.15. The number of hydrogen-bond acceptors (Lipinski definition) is 6. The first-order valence-corrected chi connectivity index (χ1v) is 9.15. The van der Waals surface area contributed by atoms with E-state index >= 15 is 0 Å². The van der Waals surface area contributed by atoms with E-state index in [2.05, 4.69) is 14.9 Å². The predicted molar refractivity (Wildman–Crippen MR) is 73.5 cm³/mol. The zero-order chi connectivity index (χ0) is 14.9. The molecule has 0 bridgehead atoms. The van der Waals surface area contributed by atoms with Crippen LogP contribution in [0.5, 0.6) is 0 Å². The number of unbranched alkanes of at least 4 members (excludes halogenated alkanes) is 2. The van der Waals surface area contributed by atoms with Crippen molar-refractivity contribution < 1.29 is 25.2 Å². The topological polar surface area (TPSA) is 86.7 Å². The maximum Gasteiger partial charge on any atom is 0.291 e. The van der Waals surface area contributed by atoms with Crippen molar-refractivity contribution in [1.29, 1.82) is 0 Å². The molecule has 0 heterocycles. The van der Waals surface area contributed by atoms with Gasteiger partial charge in [0, 0.05) is 0 Å². The zero-order valence-electron chi connectivity index (χ0n) is 11.4. The molecule has 114 valence electrons. The molecule has 0 saturated carbocycles. The Morgan fingerprint density at radius 2 is 1.32 bits per heavy atom. The van der Waals surface area contributed by atoms with Gasteiger partial charge in [0.25, 0.3) is 20.2 Å². The van der Waals surface area contributed by atoms with Gasteiger partial charge < -0.3 is 0 Å². The summed E-state index contributed by atoms with van der Waals surface area (Å²) in [5, 5.41) is 0. The lowest BCUT2D eigenvalue weighted by Crippen LogP contribution is -2.32. The lowest BCUT2D eigenvalue weighted by Gasteiger charge is -2.14. The van der Waals surface area contributed by atoms with Crippen LogP contribution < -0.4 is 0 Å². The van der Waals surface area contributed by atoms with Gasteiger partial charge >= 0.3 is 0 Å². The second-order valence-electron chi connectivity index (χ2n) is 3.94. The van der Waals surface area contributed by atoms with Gasteiger partial charge in [-0.3, -0.25) is 8.37 Å². The molecule has 0 amide bonds. The molecule has 8 heteroatoms. The van der Waals surface area contributed by atoms with E-state index in [4.69, 9.17) is 0 Å². The molecule has 0 radical (unpaired) electrons. The highest BCUT2D eigenvalue weighted by Crippen LogP contribution is 2.16. The van der Waals surface area contributed by atoms with E-state index in [-0.39, 0.29) is 13.2 Å². The second-order valence-corrected chi connectivity index (χ2v) is 7.70. The number of hydrogen-bond donors (Lipinski definition) is 0. The van der Waals surface area contributed by atoms with E-state index in [9.17, 15) is 16.8 Å². The predicted octanol–water partition coefficient (Wildman–Crippen LogP) is 1.79. The summed E-state index contributed by atoms with van der Waals surface area (Å²) in [6.45, 7) is 6.87. The highest BCUT2D eigenvalue weighted by molar-refractivity contribution is 8.05. The fraction of sp³-hybridized carbons (Fsp3) is 0.818. The van der Waals surface area contributed by atoms with Gasteiger partial charge in [-0.1, -0.05) is 32.8 Å². The van der Waals surface area contributed by atoms with Gasteiger partial charge in [0.2, 0.25) is 4.58 Å². The summed E-state index contributed by atoms with van der Waals surface area (Å²) in [5.74, 6) is 0. The second kappa shape index (κ2) is 8.68. The molecule has 0 N–H and O–H groups in total. The average Bonchev–Trinajstić information content (AvgIpc) is 2.29. The smallest absolute Gasteiger partial charge is 0.269 e. The van der Waals surface area contributed by atoms with E-state index in [0.29, 0.717) is 12.8 Å².